The Kier molecular flexibility index (Phi) is 3.20. The van der Waals surface area contributed by atoms with Crippen LogP contribution in [0, 0.1) is 0 Å². The van der Waals surface area contributed by atoms with Crippen LogP contribution in [0.2, 0.25) is 0 Å². The molecular weight excluding hydrogens is 276 g/mol. The molecule has 1 unspecified atom stereocenters. The molecule has 0 aromatic heterocycles. The highest BCUT2D eigenvalue weighted by atomic mass is 32.2. The van der Waals surface area contributed by atoms with Crippen LogP contribution < -0.4 is 5.32 Å². The number of nitrogens with zero attached hydrogens (tertiary/aromatic N) is 1. The minimum Gasteiger partial charge on any atom is -0.384 e. The number of carbonyl (C=O) groups is 1. The normalized spacial score (nSPS) is 24.1. The Morgan fingerprint density at radius 3 is 2.95 bits per heavy atom. The van der Waals surface area contributed by atoms with Gasteiger partial charge in [-0.15, -0.1) is 0 Å². The Bertz CT molecular complexity index is 654. The van der Waals surface area contributed by atoms with Crippen molar-refractivity contribution in [2.75, 3.05) is 29.9 Å². The molecule has 2 heterocycles. The van der Waals surface area contributed by atoms with Crippen molar-refractivity contribution in [2.45, 2.75) is 19.4 Å². The average Bonchev–Trinajstić information content (AvgIpc) is 2.84. The fraction of sp³-hybridized carbons (Fsp3) is 0.500. The highest BCUT2D eigenvalue weighted by Gasteiger charge is 2.31. The van der Waals surface area contributed by atoms with E-state index >= 15 is 0 Å². The van der Waals surface area contributed by atoms with Gasteiger partial charge in [0.25, 0.3) is 5.91 Å². The molecule has 1 N–H and O–H groups in total. The van der Waals surface area contributed by atoms with Gasteiger partial charge in [0, 0.05) is 30.4 Å². The number of fused-ring (bicyclic) bond motifs is 1. The number of sulfone groups is 1. The average molecular weight is 294 g/mol. The lowest BCUT2D eigenvalue weighted by atomic mass is 10.1. The molecular formula is C14H18N2O3S. The standard InChI is InChI=1S/C14H18N2O3S/c1-10-9-20(18,19)7-6-16(10)14(17)12-2-3-13-11(8-12)4-5-15-13/h2-3,8,10,15H,4-7,9H2,1H3. The topological polar surface area (TPSA) is 66.5 Å². The molecule has 0 saturated carbocycles. The van der Waals surface area contributed by atoms with Crippen molar-refractivity contribution in [3.63, 3.8) is 0 Å². The smallest absolute Gasteiger partial charge is 0.254 e. The van der Waals surface area contributed by atoms with E-state index in [1.54, 1.807) is 11.8 Å². The molecule has 2 aliphatic heterocycles. The van der Waals surface area contributed by atoms with Gasteiger partial charge in [-0.1, -0.05) is 0 Å². The molecule has 1 aromatic rings. The number of hydrogen-bond donors (Lipinski definition) is 1. The van der Waals surface area contributed by atoms with Gasteiger partial charge in [0.05, 0.1) is 11.5 Å². The number of anilines is 1. The molecule has 0 aliphatic carbocycles. The predicted molar refractivity (Wildman–Crippen MR) is 77.8 cm³/mol. The fourth-order valence-corrected chi connectivity index (χ4v) is 4.46. The van der Waals surface area contributed by atoms with Crippen molar-refractivity contribution in [3.05, 3.63) is 29.3 Å². The summed E-state index contributed by atoms with van der Waals surface area (Å²) in [6, 6.07) is 5.41. The molecule has 0 spiro atoms. The summed E-state index contributed by atoms with van der Waals surface area (Å²) >= 11 is 0. The van der Waals surface area contributed by atoms with E-state index in [1.807, 2.05) is 18.2 Å². The van der Waals surface area contributed by atoms with Crippen LogP contribution in [0.4, 0.5) is 5.69 Å². The predicted octanol–water partition coefficient (Wildman–Crippen LogP) is 0.914. The van der Waals surface area contributed by atoms with Crippen LogP contribution in [-0.4, -0.2) is 49.9 Å². The van der Waals surface area contributed by atoms with Crippen molar-refractivity contribution < 1.29 is 13.2 Å². The van der Waals surface area contributed by atoms with Crippen molar-refractivity contribution in [2.24, 2.45) is 0 Å². The van der Waals surface area contributed by atoms with E-state index in [0.717, 1.165) is 24.2 Å². The second-order valence-corrected chi connectivity index (χ2v) is 7.74. The molecule has 1 amide bonds. The Labute approximate surface area is 118 Å². The van der Waals surface area contributed by atoms with Gasteiger partial charge >= 0.3 is 0 Å². The summed E-state index contributed by atoms with van der Waals surface area (Å²) < 4.78 is 23.1. The van der Waals surface area contributed by atoms with E-state index in [9.17, 15) is 13.2 Å². The van der Waals surface area contributed by atoms with Gasteiger partial charge in [-0.2, -0.15) is 0 Å². The van der Waals surface area contributed by atoms with E-state index in [4.69, 9.17) is 0 Å². The first-order valence-electron chi connectivity index (χ1n) is 6.84. The Balaban J connectivity index is 1.82. The monoisotopic (exact) mass is 294 g/mol. The Hall–Kier alpha value is -1.56. The van der Waals surface area contributed by atoms with Crippen molar-refractivity contribution >= 4 is 21.4 Å². The molecule has 0 bridgehead atoms. The number of rotatable bonds is 1. The number of hydrogen-bond acceptors (Lipinski definition) is 4. The molecule has 1 atom stereocenters. The maximum atomic E-state index is 12.5. The van der Waals surface area contributed by atoms with Crippen LogP contribution in [0.5, 0.6) is 0 Å². The van der Waals surface area contributed by atoms with Crippen LogP contribution >= 0.6 is 0 Å². The third-order valence-corrected chi connectivity index (χ3v) is 5.79. The molecule has 2 aliphatic rings. The minimum atomic E-state index is -2.99. The van der Waals surface area contributed by atoms with Crippen molar-refractivity contribution in [3.8, 4) is 0 Å². The van der Waals surface area contributed by atoms with Gasteiger partial charge in [-0.25, -0.2) is 8.42 Å². The second kappa shape index (κ2) is 4.77. The van der Waals surface area contributed by atoms with Gasteiger partial charge in [0.1, 0.15) is 0 Å². The third kappa shape index (κ3) is 2.40. The molecule has 1 saturated heterocycles. The number of nitrogens with one attached hydrogen (secondary N) is 1. The maximum absolute atomic E-state index is 12.5. The Morgan fingerprint density at radius 1 is 1.40 bits per heavy atom. The molecule has 1 fully saturated rings. The number of benzene rings is 1. The first kappa shape index (κ1) is 13.4. The van der Waals surface area contributed by atoms with E-state index in [2.05, 4.69) is 5.32 Å². The molecule has 5 nitrogen and oxygen atoms in total. The lowest BCUT2D eigenvalue weighted by Gasteiger charge is -2.33. The van der Waals surface area contributed by atoms with Crippen LogP contribution in [0.25, 0.3) is 0 Å². The zero-order chi connectivity index (χ0) is 14.3. The largest absolute Gasteiger partial charge is 0.384 e. The zero-order valence-corrected chi connectivity index (χ0v) is 12.2. The van der Waals surface area contributed by atoms with Crippen LogP contribution in [0.15, 0.2) is 18.2 Å². The number of amides is 1. The summed E-state index contributed by atoms with van der Waals surface area (Å²) in [5.74, 6) is 0.0583. The van der Waals surface area contributed by atoms with Crippen molar-refractivity contribution in [1.82, 2.24) is 4.90 Å². The lowest BCUT2D eigenvalue weighted by molar-refractivity contribution is 0.0712. The Morgan fingerprint density at radius 2 is 2.20 bits per heavy atom. The lowest BCUT2D eigenvalue weighted by Crippen LogP contribution is -2.49. The SMILES string of the molecule is CC1CS(=O)(=O)CCN1C(=O)c1ccc2c(c1)CCN2. The van der Waals surface area contributed by atoms with E-state index < -0.39 is 9.84 Å². The van der Waals surface area contributed by atoms with Gasteiger partial charge in [0.2, 0.25) is 0 Å². The van der Waals surface area contributed by atoms with E-state index in [-0.39, 0.29) is 30.0 Å². The first-order chi connectivity index (χ1) is 9.46. The van der Waals surface area contributed by atoms with Gasteiger partial charge < -0.3 is 10.2 Å². The number of carbonyl (C=O) groups excluding carboxylic acids is 1. The van der Waals surface area contributed by atoms with Crippen molar-refractivity contribution in [1.29, 1.82) is 0 Å². The molecule has 6 heteroatoms. The molecule has 1 aromatic carbocycles. The van der Waals surface area contributed by atoms with Gasteiger partial charge in [-0.05, 0) is 37.1 Å². The third-order valence-electron chi connectivity index (χ3n) is 3.99. The van der Waals surface area contributed by atoms with Crippen LogP contribution in [-0.2, 0) is 16.3 Å². The molecule has 20 heavy (non-hydrogen) atoms. The van der Waals surface area contributed by atoms with E-state index in [1.165, 1.54) is 0 Å². The summed E-state index contributed by atoms with van der Waals surface area (Å²) in [6.07, 6.45) is 0.931. The van der Waals surface area contributed by atoms with Crippen LogP contribution in [0.3, 0.4) is 0 Å². The maximum Gasteiger partial charge on any atom is 0.254 e. The summed E-state index contributed by atoms with van der Waals surface area (Å²) in [5.41, 5.74) is 2.91. The zero-order valence-electron chi connectivity index (χ0n) is 11.4. The molecule has 0 radical (unpaired) electrons. The highest BCUT2D eigenvalue weighted by Crippen LogP contribution is 2.24. The fourth-order valence-electron chi connectivity index (χ4n) is 2.90. The molecule has 3 rings (SSSR count). The summed E-state index contributed by atoms with van der Waals surface area (Å²) in [4.78, 5) is 14.2. The molecule has 108 valence electrons. The second-order valence-electron chi connectivity index (χ2n) is 5.51. The highest BCUT2D eigenvalue weighted by molar-refractivity contribution is 7.91. The first-order valence-corrected chi connectivity index (χ1v) is 8.66. The van der Waals surface area contributed by atoms with Crippen LogP contribution in [0.1, 0.15) is 22.8 Å². The van der Waals surface area contributed by atoms with E-state index in [0.29, 0.717) is 5.56 Å². The van der Waals surface area contributed by atoms with Gasteiger partial charge in [-0.3, -0.25) is 4.79 Å². The quantitative estimate of drug-likeness (QED) is 0.836. The summed E-state index contributed by atoms with van der Waals surface area (Å²) in [6.45, 7) is 2.99. The summed E-state index contributed by atoms with van der Waals surface area (Å²) in [7, 11) is -2.99. The summed E-state index contributed by atoms with van der Waals surface area (Å²) in [5, 5.41) is 3.26. The minimum absolute atomic E-state index is 0.0608. The van der Waals surface area contributed by atoms with Gasteiger partial charge in [0.15, 0.2) is 9.84 Å².